The van der Waals surface area contributed by atoms with Crippen LogP contribution in [0.25, 0.3) is 6.08 Å². The minimum absolute atomic E-state index is 0.0119. The van der Waals surface area contributed by atoms with Crippen molar-refractivity contribution < 1.29 is 9.59 Å². The quantitative estimate of drug-likeness (QED) is 0.633. The smallest absolute Gasteiger partial charge is 0.246 e. The van der Waals surface area contributed by atoms with Crippen LogP contribution < -0.4 is 5.32 Å². The van der Waals surface area contributed by atoms with E-state index in [0.29, 0.717) is 37.3 Å². The average molecular weight is 398 g/mol. The number of carbonyl (C=O) groups excluding carboxylic acids is 2. The van der Waals surface area contributed by atoms with Crippen molar-refractivity contribution in [2.45, 2.75) is 25.7 Å². The Labute approximate surface area is 175 Å². The summed E-state index contributed by atoms with van der Waals surface area (Å²) in [5, 5.41) is 12.0. The highest BCUT2D eigenvalue weighted by atomic mass is 16.2. The van der Waals surface area contributed by atoms with Crippen LogP contribution in [0, 0.1) is 11.3 Å². The normalized spacial score (nSPS) is 15.9. The molecule has 4 rings (SSSR count). The van der Waals surface area contributed by atoms with Gasteiger partial charge in [0.2, 0.25) is 11.8 Å². The van der Waals surface area contributed by atoms with Crippen molar-refractivity contribution in [2.75, 3.05) is 18.4 Å². The molecule has 0 spiro atoms. The Balaban J connectivity index is 1.36. The van der Waals surface area contributed by atoms with E-state index in [0.717, 1.165) is 29.5 Å². The molecule has 0 fully saturated rings. The number of aryl methyl sites for hydroxylation is 1. The molecule has 0 bridgehead atoms. The van der Waals surface area contributed by atoms with Gasteiger partial charge in [0.1, 0.15) is 5.82 Å². The van der Waals surface area contributed by atoms with Crippen molar-refractivity contribution in [3.63, 3.8) is 0 Å². The third-order valence-electron chi connectivity index (χ3n) is 5.46. The first-order chi connectivity index (χ1) is 14.6. The number of anilines is 1. The first-order valence-corrected chi connectivity index (χ1v) is 10.0. The van der Waals surface area contributed by atoms with Crippen LogP contribution in [0.4, 0.5) is 5.82 Å². The van der Waals surface area contributed by atoms with Crippen LogP contribution in [-0.4, -0.2) is 34.8 Å². The highest BCUT2D eigenvalue weighted by Crippen LogP contribution is 2.22. The molecule has 150 valence electrons. The SMILES string of the molecule is N#Cc1ccccc1CC1=CCN(C(=O)C=Cc2cnc3c(c2)CCC(=O)N3)CC1. The summed E-state index contributed by atoms with van der Waals surface area (Å²) in [6.45, 7) is 1.24. The van der Waals surface area contributed by atoms with Gasteiger partial charge in [0.05, 0.1) is 11.6 Å². The number of pyridine rings is 1. The van der Waals surface area contributed by atoms with Crippen molar-refractivity contribution in [1.29, 1.82) is 5.26 Å². The van der Waals surface area contributed by atoms with Gasteiger partial charge >= 0.3 is 0 Å². The molecular weight excluding hydrogens is 376 g/mol. The Morgan fingerprint density at radius 3 is 2.93 bits per heavy atom. The summed E-state index contributed by atoms with van der Waals surface area (Å²) in [6, 6.07) is 11.8. The first-order valence-electron chi connectivity index (χ1n) is 10.0. The molecule has 0 saturated carbocycles. The summed E-state index contributed by atoms with van der Waals surface area (Å²) in [5.41, 5.74) is 4.83. The third-order valence-corrected chi connectivity index (χ3v) is 5.46. The fraction of sp³-hybridized carbons (Fsp3) is 0.250. The second-order valence-corrected chi connectivity index (χ2v) is 7.50. The van der Waals surface area contributed by atoms with Crippen molar-refractivity contribution in [1.82, 2.24) is 9.88 Å². The Hall–Kier alpha value is -3.72. The number of nitriles is 1. The lowest BCUT2D eigenvalue weighted by atomic mass is 9.96. The van der Waals surface area contributed by atoms with E-state index in [-0.39, 0.29) is 11.8 Å². The van der Waals surface area contributed by atoms with Crippen molar-refractivity contribution in [3.8, 4) is 6.07 Å². The molecule has 2 amide bonds. The van der Waals surface area contributed by atoms with Crippen molar-refractivity contribution in [3.05, 3.63) is 76.5 Å². The van der Waals surface area contributed by atoms with Crippen LogP contribution in [-0.2, 0) is 22.4 Å². The molecule has 2 aliphatic rings. The highest BCUT2D eigenvalue weighted by molar-refractivity contribution is 5.94. The van der Waals surface area contributed by atoms with Crippen LogP contribution >= 0.6 is 0 Å². The molecular formula is C24H22N4O2. The van der Waals surface area contributed by atoms with Crippen molar-refractivity contribution in [2.24, 2.45) is 0 Å². The van der Waals surface area contributed by atoms with E-state index in [4.69, 9.17) is 0 Å². The number of rotatable bonds is 4. The van der Waals surface area contributed by atoms with E-state index in [1.54, 1.807) is 18.3 Å². The molecule has 0 unspecified atom stereocenters. The van der Waals surface area contributed by atoms with Gasteiger partial charge in [0.15, 0.2) is 0 Å². The lowest BCUT2D eigenvalue weighted by Gasteiger charge is -2.25. The van der Waals surface area contributed by atoms with E-state index in [9.17, 15) is 14.9 Å². The zero-order valence-corrected chi connectivity index (χ0v) is 16.6. The van der Waals surface area contributed by atoms with Gasteiger partial charge in [-0.15, -0.1) is 0 Å². The molecule has 1 aromatic heterocycles. The number of benzene rings is 1. The van der Waals surface area contributed by atoms with Crippen molar-refractivity contribution >= 4 is 23.7 Å². The van der Waals surface area contributed by atoms with E-state index in [2.05, 4.69) is 22.4 Å². The lowest BCUT2D eigenvalue weighted by Crippen LogP contribution is -2.33. The average Bonchev–Trinajstić information content (AvgIpc) is 2.78. The summed E-state index contributed by atoms with van der Waals surface area (Å²) in [6.07, 6.45) is 9.78. The summed E-state index contributed by atoms with van der Waals surface area (Å²) in [4.78, 5) is 30.1. The number of aromatic nitrogens is 1. The molecule has 0 radical (unpaired) electrons. The molecule has 30 heavy (non-hydrogen) atoms. The Bertz CT molecular complexity index is 1090. The third kappa shape index (κ3) is 4.47. The number of amides is 2. The summed E-state index contributed by atoms with van der Waals surface area (Å²) >= 11 is 0. The fourth-order valence-electron chi connectivity index (χ4n) is 3.74. The largest absolute Gasteiger partial charge is 0.335 e. The zero-order valence-electron chi connectivity index (χ0n) is 16.6. The topological polar surface area (TPSA) is 86.1 Å². The minimum atomic E-state index is -0.0336. The molecule has 0 saturated heterocycles. The molecule has 2 aromatic rings. The Morgan fingerprint density at radius 2 is 2.13 bits per heavy atom. The number of carbonyl (C=O) groups is 2. The molecule has 3 heterocycles. The minimum Gasteiger partial charge on any atom is -0.335 e. The molecule has 0 atom stereocenters. The van der Waals surface area contributed by atoms with Gasteiger partial charge in [-0.1, -0.05) is 29.8 Å². The van der Waals surface area contributed by atoms with Crippen LogP contribution in [0.3, 0.4) is 0 Å². The van der Waals surface area contributed by atoms with E-state index >= 15 is 0 Å². The maximum atomic E-state index is 12.6. The molecule has 1 N–H and O–H groups in total. The number of hydrogen-bond donors (Lipinski definition) is 1. The molecule has 0 aliphatic carbocycles. The highest BCUT2D eigenvalue weighted by Gasteiger charge is 2.17. The van der Waals surface area contributed by atoms with Gasteiger partial charge in [-0.25, -0.2) is 4.98 Å². The van der Waals surface area contributed by atoms with Gasteiger partial charge in [-0.3, -0.25) is 9.59 Å². The first kappa shape index (κ1) is 19.6. The fourth-order valence-corrected chi connectivity index (χ4v) is 3.74. The van der Waals surface area contributed by atoms with Gasteiger partial charge in [0, 0.05) is 31.8 Å². The van der Waals surface area contributed by atoms with Crippen LogP contribution in [0.2, 0.25) is 0 Å². The second-order valence-electron chi connectivity index (χ2n) is 7.50. The predicted molar refractivity (Wildman–Crippen MR) is 114 cm³/mol. The summed E-state index contributed by atoms with van der Waals surface area (Å²) < 4.78 is 0. The van der Waals surface area contributed by atoms with Gasteiger partial charge in [0.25, 0.3) is 0 Å². The van der Waals surface area contributed by atoms with E-state index < -0.39 is 0 Å². The maximum Gasteiger partial charge on any atom is 0.246 e. The summed E-state index contributed by atoms with van der Waals surface area (Å²) in [5.74, 6) is 0.567. The van der Waals surface area contributed by atoms with Gasteiger partial charge in [-0.2, -0.15) is 5.26 Å². The monoisotopic (exact) mass is 398 g/mol. The number of nitrogens with zero attached hydrogens (tertiary/aromatic N) is 3. The number of fused-ring (bicyclic) bond motifs is 1. The second kappa shape index (κ2) is 8.75. The molecule has 6 nitrogen and oxygen atoms in total. The standard InChI is InChI=1S/C24H22N4O2/c25-15-21-4-2-1-3-19(21)13-17-9-11-28(12-10-17)23(30)8-5-18-14-20-6-7-22(29)27-24(20)26-16-18/h1-5,8-9,14,16H,6-7,10-13H2,(H,26,27,29). The van der Waals surface area contributed by atoms with Gasteiger partial charge in [-0.05, 0) is 54.2 Å². The molecule has 2 aliphatic heterocycles. The number of nitrogens with one attached hydrogen (secondary N) is 1. The van der Waals surface area contributed by atoms with Crippen LogP contribution in [0.5, 0.6) is 0 Å². The molecule has 1 aromatic carbocycles. The van der Waals surface area contributed by atoms with Crippen LogP contribution in [0.15, 0.2) is 54.3 Å². The van der Waals surface area contributed by atoms with Crippen LogP contribution in [0.1, 0.15) is 35.1 Å². The predicted octanol–water partition coefficient (Wildman–Crippen LogP) is 3.25. The van der Waals surface area contributed by atoms with E-state index in [1.165, 1.54) is 5.57 Å². The molecule has 6 heteroatoms. The van der Waals surface area contributed by atoms with Gasteiger partial charge < -0.3 is 10.2 Å². The van der Waals surface area contributed by atoms with E-state index in [1.807, 2.05) is 35.2 Å². The zero-order chi connectivity index (χ0) is 20.9. The Kier molecular flexibility index (Phi) is 5.71. The Morgan fingerprint density at radius 1 is 1.27 bits per heavy atom. The summed E-state index contributed by atoms with van der Waals surface area (Å²) in [7, 11) is 0. The number of hydrogen-bond acceptors (Lipinski definition) is 4. The lowest BCUT2D eigenvalue weighted by molar-refractivity contribution is -0.125. The maximum absolute atomic E-state index is 12.6.